The number of benzene rings is 2. The molecule has 2 aromatic carbocycles. The van der Waals surface area contributed by atoms with Crippen molar-refractivity contribution < 1.29 is 14.4 Å². The van der Waals surface area contributed by atoms with Gasteiger partial charge in [0.05, 0.1) is 23.5 Å². The van der Waals surface area contributed by atoms with Crippen molar-refractivity contribution in [2.45, 2.75) is 83.2 Å². The molecule has 1 aliphatic carbocycles. The van der Waals surface area contributed by atoms with E-state index in [2.05, 4.69) is 17.2 Å². The van der Waals surface area contributed by atoms with Gasteiger partial charge in [-0.15, -0.1) is 0 Å². The zero-order valence-corrected chi connectivity index (χ0v) is 22.6. The summed E-state index contributed by atoms with van der Waals surface area (Å²) in [6.07, 6.45) is 4.02. The van der Waals surface area contributed by atoms with Crippen LogP contribution in [0.15, 0.2) is 48.5 Å². The lowest BCUT2D eigenvalue weighted by Crippen LogP contribution is -2.48. The second-order valence-corrected chi connectivity index (χ2v) is 11.2. The fourth-order valence-electron chi connectivity index (χ4n) is 5.81. The minimum Gasteiger partial charge on any atom is -0.346 e. The van der Waals surface area contributed by atoms with Crippen LogP contribution in [0.5, 0.6) is 0 Å². The Morgan fingerprint density at radius 1 is 1.08 bits per heavy atom. The van der Waals surface area contributed by atoms with Gasteiger partial charge < -0.3 is 15.2 Å². The zero-order chi connectivity index (χ0) is 26.8. The van der Waals surface area contributed by atoms with Crippen LogP contribution in [-0.4, -0.2) is 51.1 Å². The van der Waals surface area contributed by atoms with E-state index in [1.165, 1.54) is 0 Å². The van der Waals surface area contributed by atoms with Crippen molar-refractivity contribution in [2.24, 2.45) is 5.92 Å². The maximum atomic E-state index is 13.6. The van der Waals surface area contributed by atoms with E-state index in [1.807, 2.05) is 67.3 Å². The van der Waals surface area contributed by atoms with E-state index in [4.69, 9.17) is 4.98 Å². The van der Waals surface area contributed by atoms with E-state index >= 15 is 0 Å². The highest BCUT2D eigenvalue weighted by atomic mass is 16.2. The van der Waals surface area contributed by atoms with Gasteiger partial charge in [-0.3, -0.25) is 14.4 Å². The molecule has 0 radical (unpaired) electrons. The van der Waals surface area contributed by atoms with Crippen LogP contribution >= 0.6 is 0 Å². The fraction of sp³-hybridized carbons (Fsp3) is 0.484. The number of amides is 2. The van der Waals surface area contributed by atoms with Crippen LogP contribution in [0.2, 0.25) is 0 Å². The first-order chi connectivity index (χ1) is 18.3. The predicted molar refractivity (Wildman–Crippen MR) is 148 cm³/mol. The highest BCUT2D eigenvalue weighted by molar-refractivity contribution is 5.95. The number of nitrogens with one attached hydrogen (secondary N) is 2. The molecule has 1 saturated heterocycles. The Morgan fingerprint density at radius 2 is 1.87 bits per heavy atom. The largest absolute Gasteiger partial charge is 0.346 e. The number of hydrogen-bond acceptors (Lipinski definition) is 4. The van der Waals surface area contributed by atoms with E-state index in [1.54, 1.807) is 0 Å². The molecule has 38 heavy (non-hydrogen) atoms. The van der Waals surface area contributed by atoms with Gasteiger partial charge >= 0.3 is 0 Å². The highest BCUT2D eigenvalue weighted by Crippen LogP contribution is 2.47. The molecule has 1 aromatic heterocycles. The Balaban J connectivity index is 1.29. The molecule has 5 rings (SSSR count). The SMILES string of the molecule is Cc1cccc2[nH]c([C@H](C)CC(=O)[C@H](CC(=O)N3CCCC[C@@H]3C)NC(=O)[C@@H]3C[C@H]3c3ccccc3)nc12. The molecule has 2 N–H and O–H groups in total. The van der Waals surface area contributed by atoms with Crippen LogP contribution < -0.4 is 5.32 Å². The Bertz CT molecular complexity index is 1320. The number of likely N-dealkylation sites (tertiary alicyclic amines) is 1. The molecular formula is C31H38N4O3. The molecule has 200 valence electrons. The lowest BCUT2D eigenvalue weighted by atomic mass is 9.96. The second-order valence-electron chi connectivity index (χ2n) is 11.2. The van der Waals surface area contributed by atoms with Crippen molar-refractivity contribution >= 4 is 28.6 Å². The Morgan fingerprint density at radius 3 is 2.61 bits per heavy atom. The summed E-state index contributed by atoms with van der Waals surface area (Å²) < 4.78 is 0. The molecule has 0 bridgehead atoms. The smallest absolute Gasteiger partial charge is 0.225 e. The van der Waals surface area contributed by atoms with Gasteiger partial charge in [-0.05, 0) is 62.6 Å². The second kappa shape index (κ2) is 11.1. The van der Waals surface area contributed by atoms with Crippen LogP contribution in [0.3, 0.4) is 0 Å². The first-order valence-corrected chi connectivity index (χ1v) is 13.9. The average molecular weight is 515 g/mol. The number of carbonyl (C=O) groups is 3. The number of rotatable bonds is 9. The van der Waals surface area contributed by atoms with Gasteiger partial charge in [0.2, 0.25) is 11.8 Å². The van der Waals surface area contributed by atoms with Crippen LogP contribution in [0, 0.1) is 12.8 Å². The molecule has 1 aliphatic heterocycles. The summed E-state index contributed by atoms with van der Waals surface area (Å²) in [6, 6.07) is 15.3. The van der Waals surface area contributed by atoms with Crippen molar-refractivity contribution in [2.75, 3.05) is 6.54 Å². The van der Waals surface area contributed by atoms with Crippen LogP contribution in [0.4, 0.5) is 0 Å². The van der Waals surface area contributed by atoms with Gasteiger partial charge in [0.15, 0.2) is 5.78 Å². The van der Waals surface area contributed by atoms with Crippen molar-refractivity contribution in [1.29, 1.82) is 0 Å². The number of aromatic nitrogens is 2. The maximum Gasteiger partial charge on any atom is 0.225 e. The third kappa shape index (κ3) is 5.66. The number of aryl methyl sites for hydroxylation is 1. The third-order valence-electron chi connectivity index (χ3n) is 8.27. The standard InChI is InChI=1S/C31H38N4O3/c1-19-10-9-14-25-29(19)34-30(32-25)20(2)16-27(36)26(18-28(37)35-15-8-7-11-21(35)3)33-31(38)24-17-23(24)22-12-5-4-6-13-22/h4-6,9-10,12-14,20-21,23-24,26H,7-8,11,15-18H2,1-3H3,(H,32,34)(H,33,38)/t20-,21+,23+,24-,26+/m1/s1. The summed E-state index contributed by atoms with van der Waals surface area (Å²) in [5.41, 5.74) is 4.07. The van der Waals surface area contributed by atoms with Crippen molar-refractivity contribution in [3.8, 4) is 0 Å². The number of carbonyl (C=O) groups excluding carboxylic acids is 3. The topological polar surface area (TPSA) is 95.2 Å². The quantitative estimate of drug-likeness (QED) is 0.419. The summed E-state index contributed by atoms with van der Waals surface area (Å²) in [5, 5.41) is 2.99. The van der Waals surface area contributed by atoms with Gasteiger partial charge in [-0.25, -0.2) is 4.98 Å². The summed E-state index contributed by atoms with van der Waals surface area (Å²) in [7, 11) is 0. The molecule has 0 unspecified atom stereocenters. The number of para-hydroxylation sites is 1. The Hall–Kier alpha value is -3.48. The molecule has 5 atom stereocenters. The predicted octanol–water partition coefficient (Wildman–Crippen LogP) is 5.01. The number of ketones is 1. The van der Waals surface area contributed by atoms with Gasteiger partial charge in [-0.2, -0.15) is 0 Å². The molecule has 1 saturated carbocycles. The number of aromatic amines is 1. The van der Waals surface area contributed by atoms with Crippen LogP contribution in [0.25, 0.3) is 11.0 Å². The number of hydrogen-bond donors (Lipinski definition) is 2. The molecular weight excluding hydrogens is 476 g/mol. The van der Waals surface area contributed by atoms with E-state index < -0.39 is 6.04 Å². The highest BCUT2D eigenvalue weighted by Gasteiger charge is 2.45. The zero-order valence-electron chi connectivity index (χ0n) is 22.6. The molecule has 2 amide bonds. The lowest BCUT2D eigenvalue weighted by molar-refractivity contribution is -0.138. The van der Waals surface area contributed by atoms with Crippen molar-refractivity contribution in [3.05, 3.63) is 65.5 Å². The van der Waals surface area contributed by atoms with E-state index in [0.29, 0.717) is 6.54 Å². The lowest BCUT2D eigenvalue weighted by Gasteiger charge is -2.34. The van der Waals surface area contributed by atoms with Gasteiger partial charge in [-0.1, -0.05) is 49.4 Å². The minimum absolute atomic E-state index is 0.00357. The first kappa shape index (κ1) is 26.1. The van der Waals surface area contributed by atoms with Gasteiger partial charge in [0, 0.05) is 30.8 Å². The molecule has 2 aliphatic rings. The monoisotopic (exact) mass is 514 g/mol. The number of Topliss-reactive ketones (excluding diaryl/α,β-unsaturated/α-hetero) is 1. The summed E-state index contributed by atoms with van der Waals surface area (Å²) in [5.74, 6) is 0.264. The molecule has 7 nitrogen and oxygen atoms in total. The minimum atomic E-state index is -0.838. The maximum absolute atomic E-state index is 13.6. The number of piperidine rings is 1. The van der Waals surface area contributed by atoms with Crippen LogP contribution in [-0.2, 0) is 14.4 Å². The Kier molecular flexibility index (Phi) is 7.63. The molecule has 3 aromatic rings. The summed E-state index contributed by atoms with van der Waals surface area (Å²) in [6.45, 7) is 6.75. The number of imidazole rings is 1. The fourth-order valence-corrected chi connectivity index (χ4v) is 5.81. The molecule has 2 heterocycles. The molecule has 7 heteroatoms. The first-order valence-electron chi connectivity index (χ1n) is 13.9. The summed E-state index contributed by atoms with van der Waals surface area (Å²) in [4.78, 5) is 50.1. The molecule has 0 spiro atoms. The van der Waals surface area contributed by atoms with Gasteiger partial charge in [0.1, 0.15) is 5.82 Å². The summed E-state index contributed by atoms with van der Waals surface area (Å²) >= 11 is 0. The normalized spacial score (nSPS) is 22.6. The third-order valence-corrected chi connectivity index (χ3v) is 8.27. The van der Waals surface area contributed by atoms with Crippen molar-refractivity contribution in [3.63, 3.8) is 0 Å². The van der Waals surface area contributed by atoms with E-state index in [0.717, 1.165) is 53.7 Å². The number of fused-ring (bicyclic) bond motifs is 1. The van der Waals surface area contributed by atoms with Crippen LogP contribution in [0.1, 0.15) is 81.2 Å². The average Bonchev–Trinajstić information content (AvgIpc) is 3.59. The molecule has 2 fully saturated rings. The van der Waals surface area contributed by atoms with E-state index in [9.17, 15) is 14.4 Å². The van der Waals surface area contributed by atoms with E-state index in [-0.39, 0.29) is 54.2 Å². The van der Waals surface area contributed by atoms with Crippen molar-refractivity contribution in [1.82, 2.24) is 20.2 Å². The number of H-pyrrole nitrogens is 1. The number of nitrogens with zero attached hydrogens (tertiary/aromatic N) is 2. The Labute approximate surface area is 224 Å². The van der Waals surface area contributed by atoms with Gasteiger partial charge in [0.25, 0.3) is 0 Å².